The number of nitrogens with two attached hydrogens (primary N) is 1. The van der Waals surface area contributed by atoms with Crippen molar-refractivity contribution >= 4 is 0 Å². The van der Waals surface area contributed by atoms with Gasteiger partial charge in [-0.05, 0) is 25.7 Å². The number of aromatic nitrogens is 2. The summed E-state index contributed by atoms with van der Waals surface area (Å²) in [5.41, 5.74) is 7.33. The predicted octanol–water partition coefficient (Wildman–Crippen LogP) is 1.94. The van der Waals surface area contributed by atoms with Crippen LogP contribution in [0.25, 0.3) is 0 Å². The molecule has 2 heterocycles. The molecule has 1 saturated carbocycles. The van der Waals surface area contributed by atoms with Crippen molar-refractivity contribution in [2.45, 2.75) is 50.6 Å². The first kappa shape index (κ1) is 8.48. The highest BCUT2D eigenvalue weighted by Crippen LogP contribution is 2.36. The summed E-state index contributed by atoms with van der Waals surface area (Å²) in [5, 5.41) is 0. The molecule has 3 rings (SSSR count). The van der Waals surface area contributed by atoms with Gasteiger partial charge in [0.1, 0.15) is 5.82 Å². The average molecular weight is 191 g/mol. The van der Waals surface area contributed by atoms with E-state index in [0.29, 0.717) is 0 Å². The lowest BCUT2D eigenvalue weighted by Crippen LogP contribution is -2.21. The largest absolute Gasteiger partial charge is 0.333 e. The zero-order valence-corrected chi connectivity index (χ0v) is 8.45. The first-order valence-corrected chi connectivity index (χ1v) is 5.67. The van der Waals surface area contributed by atoms with E-state index in [-0.39, 0.29) is 6.04 Å². The maximum atomic E-state index is 6.04. The molecule has 14 heavy (non-hydrogen) atoms. The van der Waals surface area contributed by atoms with Crippen LogP contribution in [0.4, 0.5) is 0 Å². The third-order valence-electron chi connectivity index (χ3n) is 3.60. The molecule has 0 saturated heterocycles. The summed E-state index contributed by atoms with van der Waals surface area (Å²) in [5.74, 6) is 1.86. The van der Waals surface area contributed by atoms with Gasteiger partial charge in [-0.1, -0.05) is 6.42 Å². The van der Waals surface area contributed by atoms with Crippen LogP contribution in [0.15, 0.2) is 6.20 Å². The fraction of sp³-hybridized carbons (Fsp3) is 0.727. The third-order valence-corrected chi connectivity index (χ3v) is 3.60. The molecule has 1 unspecified atom stereocenters. The van der Waals surface area contributed by atoms with Crippen molar-refractivity contribution in [1.82, 2.24) is 9.55 Å². The SMILES string of the molecule is NC1CCCn2cc(C3CCC3)nc21. The minimum absolute atomic E-state index is 0.178. The van der Waals surface area contributed by atoms with Crippen molar-refractivity contribution in [3.63, 3.8) is 0 Å². The van der Waals surface area contributed by atoms with Crippen molar-refractivity contribution in [3.8, 4) is 0 Å². The second-order valence-electron chi connectivity index (χ2n) is 4.59. The summed E-state index contributed by atoms with van der Waals surface area (Å²) in [7, 11) is 0. The van der Waals surface area contributed by atoms with Crippen LogP contribution < -0.4 is 5.73 Å². The highest BCUT2D eigenvalue weighted by atomic mass is 15.1. The summed E-state index contributed by atoms with van der Waals surface area (Å²) >= 11 is 0. The van der Waals surface area contributed by atoms with Crippen LogP contribution in [0.1, 0.15) is 55.6 Å². The first-order valence-electron chi connectivity index (χ1n) is 5.67. The van der Waals surface area contributed by atoms with Crippen molar-refractivity contribution in [3.05, 3.63) is 17.7 Å². The van der Waals surface area contributed by atoms with Gasteiger partial charge < -0.3 is 10.3 Å². The molecule has 0 radical (unpaired) electrons. The van der Waals surface area contributed by atoms with E-state index in [0.717, 1.165) is 24.7 Å². The minimum atomic E-state index is 0.178. The van der Waals surface area contributed by atoms with Gasteiger partial charge in [-0.3, -0.25) is 0 Å². The normalized spacial score (nSPS) is 27.1. The van der Waals surface area contributed by atoms with E-state index in [4.69, 9.17) is 10.7 Å². The molecular weight excluding hydrogens is 174 g/mol. The molecule has 76 valence electrons. The Morgan fingerprint density at radius 2 is 2.14 bits per heavy atom. The number of nitrogens with zero attached hydrogens (tertiary/aromatic N) is 2. The van der Waals surface area contributed by atoms with E-state index in [9.17, 15) is 0 Å². The quantitative estimate of drug-likeness (QED) is 0.737. The molecule has 1 atom stereocenters. The molecule has 1 aliphatic carbocycles. The molecular formula is C11H17N3. The molecule has 0 bridgehead atoms. The number of imidazole rings is 1. The van der Waals surface area contributed by atoms with Gasteiger partial charge in [0.2, 0.25) is 0 Å². The van der Waals surface area contributed by atoms with Crippen molar-refractivity contribution in [2.75, 3.05) is 0 Å². The number of fused-ring (bicyclic) bond motifs is 1. The predicted molar refractivity (Wildman–Crippen MR) is 55.0 cm³/mol. The highest BCUT2D eigenvalue weighted by molar-refractivity contribution is 5.15. The third kappa shape index (κ3) is 1.19. The monoisotopic (exact) mass is 191 g/mol. The second-order valence-corrected chi connectivity index (χ2v) is 4.59. The molecule has 0 amide bonds. The number of aryl methyl sites for hydroxylation is 1. The van der Waals surface area contributed by atoms with E-state index < -0.39 is 0 Å². The van der Waals surface area contributed by atoms with Crippen LogP contribution in [-0.2, 0) is 6.54 Å². The topological polar surface area (TPSA) is 43.8 Å². The molecule has 3 heteroatoms. The lowest BCUT2D eigenvalue weighted by atomic mass is 9.83. The Morgan fingerprint density at radius 3 is 2.79 bits per heavy atom. The van der Waals surface area contributed by atoms with Crippen LogP contribution >= 0.6 is 0 Å². The zero-order valence-electron chi connectivity index (χ0n) is 8.45. The van der Waals surface area contributed by atoms with Crippen LogP contribution in [0.5, 0.6) is 0 Å². The average Bonchev–Trinajstić information content (AvgIpc) is 2.46. The molecule has 3 nitrogen and oxygen atoms in total. The molecule has 2 N–H and O–H groups in total. The van der Waals surface area contributed by atoms with Crippen LogP contribution in [0.3, 0.4) is 0 Å². The second kappa shape index (κ2) is 3.09. The molecule has 1 aromatic rings. The Bertz CT molecular complexity index is 338. The smallest absolute Gasteiger partial charge is 0.125 e. The summed E-state index contributed by atoms with van der Waals surface area (Å²) < 4.78 is 2.27. The first-order chi connectivity index (χ1) is 6.84. The van der Waals surface area contributed by atoms with Gasteiger partial charge in [0.05, 0.1) is 11.7 Å². The molecule has 0 spiro atoms. The molecule has 1 fully saturated rings. The van der Waals surface area contributed by atoms with Crippen LogP contribution in [-0.4, -0.2) is 9.55 Å². The number of hydrogen-bond acceptors (Lipinski definition) is 2. The summed E-state index contributed by atoms with van der Waals surface area (Å²) in [6, 6.07) is 0.178. The maximum Gasteiger partial charge on any atom is 0.125 e. The molecule has 2 aliphatic rings. The summed E-state index contributed by atoms with van der Waals surface area (Å²) in [6.45, 7) is 1.11. The fourth-order valence-corrected chi connectivity index (χ4v) is 2.44. The van der Waals surface area contributed by atoms with E-state index in [2.05, 4.69) is 10.8 Å². The summed E-state index contributed by atoms with van der Waals surface area (Å²) in [4.78, 5) is 4.69. The Hall–Kier alpha value is -0.830. The van der Waals surface area contributed by atoms with Gasteiger partial charge in [0.25, 0.3) is 0 Å². The number of hydrogen-bond donors (Lipinski definition) is 1. The lowest BCUT2D eigenvalue weighted by molar-refractivity contribution is 0.411. The van der Waals surface area contributed by atoms with E-state index >= 15 is 0 Å². The molecule has 1 aromatic heterocycles. The Morgan fingerprint density at radius 1 is 1.29 bits per heavy atom. The van der Waals surface area contributed by atoms with Gasteiger partial charge >= 0.3 is 0 Å². The van der Waals surface area contributed by atoms with Crippen LogP contribution in [0, 0.1) is 0 Å². The molecule has 0 aromatic carbocycles. The van der Waals surface area contributed by atoms with Gasteiger partial charge in [-0.25, -0.2) is 4.98 Å². The minimum Gasteiger partial charge on any atom is -0.333 e. The van der Waals surface area contributed by atoms with E-state index in [1.54, 1.807) is 0 Å². The van der Waals surface area contributed by atoms with Gasteiger partial charge in [-0.15, -0.1) is 0 Å². The van der Waals surface area contributed by atoms with Crippen LogP contribution in [0.2, 0.25) is 0 Å². The highest BCUT2D eigenvalue weighted by Gasteiger charge is 2.26. The summed E-state index contributed by atoms with van der Waals surface area (Å²) in [6.07, 6.45) is 8.56. The van der Waals surface area contributed by atoms with E-state index in [1.807, 2.05) is 0 Å². The van der Waals surface area contributed by atoms with Crippen molar-refractivity contribution in [2.24, 2.45) is 5.73 Å². The zero-order chi connectivity index (χ0) is 9.54. The van der Waals surface area contributed by atoms with Gasteiger partial charge in [0.15, 0.2) is 0 Å². The standard InChI is InChI=1S/C11H17N3/c12-9-5-2-6-14-7-10(13-11(9)14)8-3-1-4-8/h7-9H,1-6,12H2. The fourth-order valence-electron chi connectivity index (χ4n) is 2.44. The van der Waals surface area contributed by atoms with Gasteiger partial charge in [-0.2, -0.15) is 0 Å². The number of rotatable bonds is 1. The molecule has 1 aliphatic heterocycles. The van der Waals surface area contributed by atoms with Crippen molar-refractivity contribution < 1.29 is 0 Å². The maximum absolute atomic E-state index is 6.04. The van der Waals surface area contributed by atoms with Gasteiger partial charge in [0, 0.05) is 18.7 Å². The van der Waals surface area contributed by atoms with Crippen molar-refractivity contribution in [1.29, 1.82) is 0 Å². The lowest BCUT2D eigenvalue weighted by Gasteiger charge is -2.22. The Labute approximate surface area is 84.3 Å². The Kier molecular flexibility index (Phi) is 1.87. The van der Waals surface area contributed by atoms with E-state index in [1.165, 1.54) is 31.4 Å². The Balaban J connectivity index is 1.93.